The maximum atomic E-state index is 11.1. The van der Waals surface area contributed by atoms with E-state index in [1.54, 1.807) is 11.7 Å². The number of hydrogen-bond acceptors (Lipinski definition) is 4. The molecular weight excluding hydrogens is 218 g/mol. The first-order valence-electron chi connectivity index (χ1n) is 6.08. The molecule has 1 aromatic heterocycles. The zero-order valence-electron chi connectivity index (χ0n) is 10.1. The quantitative estimate of drug-likeness (QED) is 0.695. The van der Waals surface area contributed by atoms with Crippen LogP contribution in [0, 0.1) is 5.92 Å². The monoisotopic (exact) mass is 237 g/mol. The van der Waals surface area contributed by atoms with Gasteiger partial charge in [-0.3, -0.25) is 9.48 Å². The van der Waals surface area contributed by atoms with Gasteiger partial charge in [0.25, 0.3) is 0 Å². The summed E-state index contributed by atoms with van der Waals surface area (Å²) < 4.78 is 1.71. The molecule has 0 bridgehead atoms. The van der Waals surface area contributed by atoms with Crippen molar-refractivity contribution in [1.82, 2.24) is 25.6 Å². The van der Waals surface area contributed by atoms with Crippen molar-refractivity contribution in [3.8, 4) is 0 Å². The van der Waals surface area contributed by atoms with E-state index in [9.17, 15) is 4.79 Å². The summed E-state index contributed by atoms with van der Waals surface area (Å²) >= 11 is 0. The van der Waals surface area contributed by atoms with Gasteiger partial charge in [-0.15, -0.1) is 5.10 Å². The molecule has 2 rings (SSSR count). The van der Waals surface area contributed by atoms with Crippen LogP contribution in [-0.4, -0.2) is 34.5 Å². The van der Waals surface area contributed by atoms with Gasteiger partial charge in [0.05, 0.1) is 12.2 Å². The summed E-state index contributed by atoms with van der Waals surface area (Å²) in [5.41, 5.74) is 0.933. The van der Waals surface area contributed by atoms with E-state index in [1.165, 1.54) is 12.8 Å². The van der Waals surface area contributed by atoms with Crippen molar-refractivity contribution in [2.45, 2.75) is 32.4 Å². The topological polar surface area (TPSA) is 71.8 Å². The Kier molecular flexibility index (Phi) is 4.08. The predicted molar refractivity (Wildman–Crippen MR) is 63.1 cm³/mol. The lowest BCUT2D eigenvalue weighted by Crippen LogP contribution is -2.19. The molecule has 1 saturated carbocycles. The number of carbonyl (C=O) groups excluding carboxylic acids is 1. The van der Waals surface area contributed by atoms with Crippen molar-refractivity contribution in [3.05, 3.63) is 11.9 Å². The van der Waals surface area contributed by atoms with Gasteiger partial charge in [-0.05, 0) is 25.3 Å². The zero-order valence-corrected chi connectivity index (χ0v) is 10.1. The van der Waals surface area contributed by atoms with E-state index < -0.39 is 0 Å². The molecule has 6 heteroatoms. The first-order chi connectivity index (χ1) is 8.28. The van der Waals surface area contributed by atoms with Gasteiger partial charge in [0.2, 0.25) is 5.91 Å². The largest absolute Gasteiger partial charge is 0.359 e. The first kappa shape index (κ1) is 12.0. The van der Waals surface area contributed by atoms with Gasteiger partial charge in [-0.25, -0.2) is 0 Å². The zero-order chi connectivity index (χ0) is 12.1. The Morgan fingerprint density at radius 2 is 2.41 bits per heavy atom. The Morgan fingerprint density at radius 3 is 3.12 bits per heavy atom. The van der Waals surface area contributed by atoms with Crippen LogP contribution in [0.25, 0.3) is 0 Å². The Hall–Kier alpha value is -1.43. The first-order valence-corrected chi connectivity index (χ1v) is 6.08. The Labute approximate surface area is 101 Å². The van der Waals surface area contributed by atoms with Crippen molar-refractivity contribution in [1.29, 1.82) is 0 Å². The smallest absolute Gasteiger partial charge is 0.221 e. The maximum absolute atomic E-state index is 11.1. The van der Waals surface area contributed by atoms with Crippen LogP contribution in [0.1, 0.15) is 25.0 Å². The number of hydrogen-bond donors (Lipinski definition) is 2. The molecular formula is C11H19N5O. The van der Waals surface area contributed by atoms with Crippen LogP contribution in [0.15, 0.2) is 6.20 Å². The van der Waals surface area contributed by atoms with Crippen LogP contribution in [0.4, 0.5) is 0 Å². The molecule has 0 aromatic carbocycles. The fraction of sp³-hybridized carbons (Fsp3) is 0.727. The average Bonchev–Trinajstić information content (AvgIpc) is 3.05. The number of amides is 1. The molecule has 0 saturated heterocycles. The normalized spacial score (nSPS) is 14.9. The van der Waals surface area contributed by atoms with Gasteiger partial charge in [-0.2, -0.15) is 0 Å². The minimum Gasteiger partial charge on any atom is -0.359 e. The molecule has 1 amide bonds. The molecule has 1 fully saturated rings. The second-order valence-corrected chi connectivity index (χ2v) is 4.47. The number of aromatic nitrogens is 3. The summed E-state index contributed by atoms with van der Waals surface area (Å²) in [6, 6.07) is 0. The van der Waals surface area contributed by atoms with E-state index in [0.717, 1.165) is 24.7 Å². The van der Waals surface area contributed by atoms with Crippen LogP contribution in [0.5, 0.6) is 0 Å². The predicted octanol–water partition coefficient (Wildman–Crippen LogP) is -0.0862. The van der Waals surface area contributed by atoms with Crippen LogP contribution >= 0.6 is 0 Å². The van der Waals surface area contributed by atoms with Crippen molar-refractivity contribution >= 4 is 5.91 Å². The molecule has 17 heavy (non-hydrogen) atoms. The lowest BCUT2D eigenvalue weighted by Gasteiger charge is -1.99. The lowest BCUT2D eigenvalue weighted by atomic mass is 10.4. The van der Waals surface area contributed by atoms with Crippen molar-refractivity contribution in [2.24, 2.45) is 5.92 Å². The molecule has 0 spiro atoms. The standard InChI is InChI=1S/C11H19N5O/c1-12-11(17)4-5-16-8-10(14-15-16)7-13-6-9-2-3-9/h8-9,13H,2-7H2,1H3,(H,12,17). The summed E-state index contributed by atoms with van der Waals surface area (Å²) in [5, 5.41) is 14.0. The molecule has 1 aliphatic carbocycles. The van der Waals surface area contributed by atoms with Gasteiger partial charge in [0.1, 0.15) is 0 Å². The third kappa shape index (κ3) is 4.14. The Bertz CT molecular complexity index is 372. The number of rotatable bonds is 7. The molecule has 94 valence electrons. The highest BCUT2D eigenvalue weighted by Crippen LogP contribution is 2.27. The van der Waals surface area contributed by atoms with Crippen molar-refractivity contribution in [3.63, 3.8) is 0 Å². The molecule has 1 aliphatic rings. The molecule has 0 unspecified atom stereocenters. The highest BCUT2D eigenvalue weighted by Gasteiger charge is 2.20. The number of nitrogens with zero attached hydrogens (tertiary/aromatic N) is 3. The van der Waals surface area contributed by atoms with Crippen LogP contribution in [0.3, 0.4) is 0 Å². The fourth-order valence-corrected chi connectivity index (χ4v) is 1.60. The van der Waals surface area contributed by atoms with E-state index in [2.05, 4.69) is 20.9 Å². The summed E-state index contributed by atoms with van der Waals surface area (Å²) in [6.45, 7) is 2.41. The molecule has 0 radical (unpaired) electrons. The van der Waals surface area contributed by atoms with E-state index in [0.29, 0.717) is 13.0 Å². The molecule has 0 aliphatic heterocycles. The molecule has 1 heterocycles. The SMILES string of the molecule is CNC(=O)CCn1cc(CNCC2CC2)nn1. The highest BCUT2D eigenvalue weighted by molar-refractivity contribution is 5.75. The summed E-state index contributed by atoms with van der Waals surface area (Å²) in [5.74, 6) is 0.896. The van der Waals surface area contributed by atoms with E-state index in [1.807, 2.05) is 6.20 Å². The summed E-state index contributed by atoms with van der Waals surface area (Å²) in [7, 11) is 1.64. The molecule has 0 atom stereocenters. The fourth-order valence-electron chi connectivity index (χ4n) is 1.60. The van der Waals surface area contributed by atoms with Gasteiger partial charge >= 0.3 is 0 Å². The number of nitrogens with one attached hydrogen (secondary N) is 2. The minimum absolute atomic E-state index is 0.0221. The van der Waals surface area contributed by atoms with Crippen molar-refractivity contribution < 1.29 is 4.79 Å². The number of carbonyl (C=O) groups is 1. The van der Waals surface area contributed by atoms with Crippen LogP contribution in [0.2, 0.25) is 0 Å². The molecule has 1 aromatic rings. The lowest BCUT2D eigenvalue weighted by molar-refractivity contribution is -0.120. The maximum Gasteiger partial charge on any atom is 0.221 e. The third-order valence-corrected chi connectivity index (χ3v) is 2.87. The van der Waals surface area contributed by atoms with Crippen molar-refractivity contribution in [2.75, 3.05) is 13.6 Å². The van der Waals surface area contributed by atoms with Gasteiger partial charge in [-0.1, -0.05) is 5.21 Å². The van der Waals surface area contributed by atoms with Crippen LogP contribution < -0.4 is 10.6 Å². The number of aryl methyl sites for hydroxylation is 1. The van der Waals surface area contributed by atoms with Crippen LogP contribution in [-0.2, 0) is 17.9 Å². The Balaban J connectivity index is 1.68. The van der Waals surface area contributed by atoms with Gasteiger partial charge < -0.3 is 10.6 Å². The minimum atomic E-state index is 0.0221. The van der Waals surface area contributed by atoms with E-state index in [-0.39, 0.29) is 5.91 Å². The summed E-state index contributed by atoms with van der Waals surface area (Å²) in [4.78, 5) is 11.1. The van der Waals surface area contributed by atoms with Gasteiger partial charge in [0.15, 0.2) is 0 Å². The van der Waals surface area contributed by atoms with E-state index in [4.69, 9.17) is 0 Å². The van der Waals surface area contributed by atoms with E-state index >= 15 is 0 Å². The second kappa shape index (κ2) is 5.77. The summed E-state index contributed by atoms with van der Waals surface area (Å²) in [6.07, 6.45) is 5.04. The molecule has 2 N–H and O–H groups in total. The third-order valence-electron chi connectivity index (χ3n) is 2.87. The average molecular weight is 237 g/mol. The second-order valence-electron chi connectivity index (χ2n) is 4.47. The Morgan fingerprint density at radius 1 is 1.59 bits per heavy atom. The molecule has 6 nitrogen and oxygen atoms in total. The van der Waals surface area contributed by atoms with Gasteiger partial charge in [0, 0.05) is 26.2 Å². The highest BCUT2D eigenvalue weighted by atomic mass is 16.1.